The fraction of sp³-hybridized carbons (Fsp3) is 0.769. The van der Waals surface area contributed by atoms with Crippen LogP contribution in [-0.2, 0) is 4.74 Å². The van der Waals surface area contributed by atoms with Gasteiger partial charge in [0.2, 0.25) is 4.87 Å². The number of hydrogen-bond donors (Lipinski definition) is 3. The molecule has 0 aliphatic carbocycles. The standard InChI is InChI=1S/C13H20IN5O3S/c1-3-4-23-13-10(15)17-12(14)18-11(13)19(5-16-13)9-8(21)7(20)6(2)22-9/h5-9,12,20-21H,3-4H2,1-2H3,(H2,15,17)/t6-,7-,8-,9-,12?,13?/m1/s1. The van der Waals surface area contributed by atoms with Gasteiger partial charge in [0.15, 0.2) is 16.2 Å². The fourth-order valence-corrected chi connectivity index (χ4v) is 4.44. The second-order valence-electron chi connectivity index (χ2n) is 5.63. The van der Waals surface area contributed by atoms with Gasteiger partial charge in [0.05, 0.1) is 12.4 Å². The quantitative estimate of drug-likeness (QED) is 0.317. The summed E-state index contributed by atoms with van der Waals surface area (Å²) in [5.74, 6) is 1.85. The number of aliphatic imine (C=N–C) groups is 3. The van der Waals surface area contributed by atoms with Gasteiger partial charge < -0.3 is 20.7 Å². The molecule has 2 unspecified atom stereocenters. The van der Waals surface area contributed by atoms with Gasteiger partial charge in [0, 0.05) is 0 Å². The first kappa shape index (κ1) is 17.4. The van der Waals surface area contributed by atoms with E-state index in [0.717, 1.165) is 12.2 Å². The molecule has 6 atom stereocenters. The molecule has 3 heterocycles. The van der Waals surface area contributed by atoms with Crippen molar-refractivity contribution < 1.29 is 14.9 Å². The molecule has 1 fully saturated rings. The zero-order valence-corrected chi connectivity index (χ0v) is 15.8. The summed E-state index contributed by atoms with van der Waals surface area (Å²) >= 11 is 3.64. The van der Waals surface area contributed by atoms with Crippen molar-refractivity contribution >= 4 is 52.4 Å². The van der Waals surface area contributed by atoms with Crippen molar-refractivity contribution in [3.8, 4) is 0 Å². The number of halogens is 1. The maximum absolute atomic E-state index is 10.3. The Balaban J connectivity index is 1.93. The second kappa shape index (κ2) is 6.47. The third kappa shape index (κ3) is 2.77. The van der Waals surface area contributed by atoms with Crippen molar-refractivity contribution in [1.29, 1.82) is 0 Å². The van der Waals surface area contributed by atoms with Gasteiger partial charge in [-0.3, -0.25) is 4.90 Å². The van der Waals surface area contributed by atoms with Crippen molar-refractivity contribution in [3.63, 3.8) is 0 Å². The highest BCUT2D eigenvalue weighted by Gasteiger charge is 2.54. The molecule has 0 saturated carbocycles. The Hall–Kier alpha value is -0.430. The van der Waals surface area contributed by atoms with Crippen LogP contribution >= 0.6 is 34.4 Å². The summed E-state index contributed by atoms with van der Waals surface area (Å²) in [5, 5.41) is 20.2. The van der Waals surface area contributed by atoms with Crippen LogP contribution in [0.5, 0.6) is 0 Å². The van der Waals surface area contributed by atoms with E-state index >= 15 is 0 Å². The molecule has 0 bridgehead atoms. The maximum atomic E-state index is 10.3. The molecule has 0 aromatic heterocycles. The first-order chi connectivity index (χ1) is 10.9. The van der Waals surface area contributed by atoms with Crippen LogP contribution in [0.4, 0.5) is 0 Å². The lowest BCUT2D eigenvalue weighted by atomic mass is 10.1. The predicted molar refractivity (Wildman–Crippen MR) is 99.0 cm³/mol. The highest BCUT2D eigenvalue weighted by atomic mass is 127. The fourth-order valence-electron chi connectivity index (χ4n) is 2.77. The number of hydrogen-bond acceptors (Lipinski definition) is 9. The summed E-state index contributed by atoms with van der Waals surface area (Å²) in [5.41, 5.74) is 6.19. The molecular weight excluding hydrogens is 433 g/mol. The highest BCUT2D eigenvalue weighted by molar-refractivity contribution is 14.1. The number of ether oxygens (including phenoxy) is 1. The van der Waals surface area contributed by atoms with Crippen LogP contribution < -0.4 is 5.73 Å². The molecule has 8 nitrogen and oxygen atoms in total. The Morgan fingerprint density at radius 1 is 1.43 bits per heavy atom. The summed E-state index contributed by atoms with van der Waals surface area (Å²) in [7, 11) is 0. The number of amidine groups is 2. The van der Waals surface area contributed by atoms with Crippen molar-refractivity contribution in [2.75, 3.05) is 5.75 Å². The van der Waals surface area contributed by atoms with Gasteiger partial charge >= 0.3 is 0 Å². The van der Waals surface area contributed by atoms with Gasteiger partial charge in [0.25, 0.3) is 0 Å². The molecule has 10 heteroatoms. The smallest absolute Gasteiger partial charge is 0.221 e. The summed E-state index contributed by atoms with van der Waals surface area (Å²) < 4.78 is 5.36. The molecule has 0 aromatic carbocycles. The second-order valence-corrected chi connectivity index (χ2v) is 8.04. The zero-order chi connectivity index (χ0) is 16.8. The molecule has 0 aromatic rings. The molecule has 4 N–H and O–H groups in total. The van der Waals surface area contributed by atoms with E-state index in [0.29, 0.717) is 11.7 Å². The Morgan fingerprint density at radius 2 is 2.17 bits per heavy atom. The molecular formula is C13H20IN5O3S. The molecule has 3 rings (SSSR count). The Kier molecular flexibility index (Phi) is 4.89. The molecule has 0 amide bonds. The minimum atomic E-state index is -1.04. The van der Waals surface area contributed by atoms with E-state index in [2.05, 4.69) is 44.5 Å². The van der Waals surface area contributed by atoms with Crippen molar-refractivity contribution in [2.24, 2.45) is 20.7 Å². The monoisotopic (exact) mass is 453 g/mol. The van der Waals surface area contributed by atoms with Crippen LogP contribution in [-0.4, -0.2) is 72.5 Å². The SMILES string of the molecule is CCCSC12N=CN([C@@H]3O[C@H](C)[C@@H](O)[C@H]3O)C1=NC(I)N=C2N. The van der Waals surface area contributed by atoms with E-state index in [1.807, 2.05) is 0 Å². The Morgan fingerprint density at radius 3 is 2.78 bits per heavy atom. The first-order valence-electron chi connectivity index (χ1n) is 7.46. The van der Waals surface area contributed by atoms with E-state index < -0.39 is 29.4 Å². The normalized spacial score (nSPS) is 42.7. The third-order valence-electron chi connectivity index (χ3n) is 4.00. The van der Waals surface area contributed by atoms with Crippen LogP contribution in [0.1, 0.15) is 20.3 Å². The number of aliphatic hydroxyl groups excluding tert-OH is 2. The van der Waals surface area contributed by atoms with Crippen LogP contribution in [0.25, 0.3) is 0 Å². The number of nitrogens with zero attached hydrogens (tertiary/aromatic N) is 4. The van der Waals surface area contributed by atoms with Crippen molar-refractivity contribution in [1.82, 2.24) is 4.90 Å². The van der Waals surface area contributed by atoms with E-state index in [1.165, 1.54) is 0 Å². The Bertz CT molecular complexity index is 574. The summed E-state index contributed by atoms with van der Waals surface area (Å²) in [6, 6.07) is 0. The van der Waals surface area contributed by atoms with Gasteiger partial charge in [0.1, 0.15) is 18.0 Å². The third-order valence-corrected chi connectivity index (χ3v) is 6.08. The molecule has 0 radical (unpaired) electrons. The first-order valence-corrected chi connectivity index (χ1v) is 9.69. The number of fused-ring (bicyclic) bond motifs is 1. The van der Waals surface area contributed by atoms with E-state index in [9.17, 15) is 10.2 Å². The number of rotatable bonds is 4. The van der Waals surface area contributed by atoms with Crippen LogP contribution in [0.15, 0.2) is 15.0 Å². The van der Waals surface area contributed by atoms with Crippen LogP contribution in [0, 0.1) is 0 Å². The lowest BCUT2D eigenvalue weighted by molar-refractivity contribution is -0.0308. The maximum Gasteiger partial charge on any atom is 0.221 e. The van der Waals surface area contributed by atoms with Crippen molar-refractivity contribution in [2.45, 2.75) is 53.9 Å². The number of alkyl halides is 1. The Labute approximate surface area is 152 Å². The molecule has 3 aliphatic heterocycles. The average molecular weight is 453 g/mol. The van der Waals surface area contributed by atoms with Gasteiger partial charge in [-0.15, -0.1) is 11.8 Å². The number of nitrogens with two attached hydrogens (primary N) is 1. The summed E-state index contributed by atoms with van der Waals surface area (Å²) in [6.45, 7) is 3.80. The number of aliphatic hydroxyl groups is 2. The number of thioether (sulfide) groups is 1. The molecule has 3 aliphatic rings. The minimum Gasteiger partial charge on any atom is -0.388 e. The van der Waals surface area contributed by atoms with E-state index in [1.54, 1.807) is 29.9 Å². The average Bonchev–Trinajstić information content (AvgIpc) is 2.99. The van der Waals surface area contributed by atoms with Gasteiger partial charge in [-0.1, -0.05) is 6.92 Å². The van der Waals surface area contributed by atoms with Crippen molar-refractivity contribution in [3.05, 3.63) is 0 Å². The zero-order valence-electron chi connectivity index (χ0n) is 12.8. The predicted octanol–water partition coefficient (Wildman–Crippen LogP) is 0.124. The lowest BCUT2D eigenvalue weighted by Gasteiger charge is -2.34. The molecule has 128 valence electrons. The van der Waals surface area contributed by atoms with E-state index in [4.69, 9.17) is 10.5 Å². The lowest BCUT2D eigenvalue weighted by Crippen LogP contribution is -2.55. The highest BCUT2D eigenvalue weighted by Crippen LogP contribution is 2.40. The van der Waals surface area contributed by atoms with Gasteiger partial charge in [-0.2, -0.15) is 0 Å². The molecule has 1 saturated heterocycles. The summed E-state index contributed by atoms with van der Waals surface area (Å²) in [4.78, 5) is 14.3. The van der Waals surface area contributed by atoms with Gasteiger partial charge in [-0.25, -0.2) is 15.0 Å². The van der Waals surface area contributed by atoms with Crippen LogP contribution in [0.3, 0.4) is 0 Å². The summed E-state index contributed by atoms with van der Waals surface area (Å²) in [6.07, 6.45) is -0.643. The van der Waals surface area contributed by atoms with Gasteiger partial charge in [-0.05, 0) is 41.7 Å². The minimum absolute atomic E-state index is 0.344. The molecule has 0 spiro atoms. The van der Waals surface area contributed by atoms with E-state index in [-0.39, 0.29) is 4.17 Å². The molecule has 23 heavy (non-hydrogen) atoms. The topological polar surface area (TPSA) is 116 Å². The van der Waals surface area contributed by atoms with Crippen LogP contribution in [0.2, 0.25) is 0 Å². The largest absolute Gasteiger partial charge is 0.388 e.